The lowest BCUT2D eigenvalue weighted by molar-refractivity contribution is -0.123. The summed E-state index contributed by atoms with van der Waals surface area (Å²) in [4.78, 5) is 53.7. The number of hydrogen-bond donors (Lipinski definition) is 5. The maximum Gasteiger partial charge on any atom is 0.221 e. The highest BCUT2D eigenvalue weighted by atomic mass is 33.1. The SMILES string of the molecule is CCCCN(CCC(=O)NCCSC)CCC(=O)NCCSSCCNC(=O)CCN(CCCCCCCCN)CCC(=O)NCCSC. The van der Waals surface area contributed by atoms with Crippen molar-refractivity contribution in [1.82, 2.24) is 31.1 Å². The zero-order valence-corrected chi connectivity index (χ0v) is 34.1. The second-order valence-corrected chi connectivity index (χ2v) is 16.6. The van der Waals surface area contributed by atoms with Crippen LogP contribution in [0.15, 0.2) is 0 Å². The van der Waals surface area contributed by atoms with Crippen molar-refractivity contribution in [1.29, 1.82) is 0 Å². The number of hydrogen-bond acceptors (Lipinski definition) is 11. The molecule has 0 aromatic carbocycles. The van der Waals surface area contributed by atoms with Crippen LogP contribution in [0.3, 0.4) is 0 Å². The maximum absolute atomic E-state index is 12.5. The van der Waals surface area contributed by atoms with Crippen molar-refractivity contribution < 1.29 is 19.2 Å². The van der Waals surface area contributed by atoms with E-state index in [9.17, 15) is 19.2 Å². The zero-order chi connectivity index (χ0) is 36.2. The molecule has 0 spiro atoms. The summed E-state index contributed by atoms with van der Waals surface area (Å²) in [7, 11) is 3.39. The molecule has 49 heavy (non-hydrogen) atoms. The largest absolute Gasteiger partial charge is 0.355 e. The van der Waals surface area contributed by atoms with Crippen molar-refractivity contribution in [3.63, 3.8) is 0 Å². The number of nitrogens with zero attached hydrogens (tertiary/aromatic N) is 2. The molecule has 0 rings (SSSR count). The van der Waals surface area contributed by atoms with Gasteiger partial charge in [-0.05, 0) is 51.4 Å². The predicted octanol–water partition coefficient (Wildman–Crippen LogP) is 3.82. The van der Waals surface area contributed by atoms with Crippen LogP contribution in [0.2, 0.25) is 0 Å². The smallest absolute Gasteiger partial charge is 0.221 e. The Bertz CT molecular complexity index is 833. The van der Waals surface area contributed by atoms with Gasteiger partial charge in [0, 0.05) is 101 Å². The molecule has 0 aliphatic rings. The number of rotatable bonds is 36. The fourth-order valence-electron chi connectivity index (χ4n) is 4.80. The van der Waals surface area contributed by atoms with Crippen LogP contribution in [0.4, 0.5) is 0 Å². The highest BCUT2D eigenvalue weighted by Crippen LogP contribution is 2.19. The van der Waals surface area contributed by atoms with Crippen molar-refractivity contribution in [2.45, 2.75) is 84.0 Å². The molecule has 0 saturated carbocycles. The Balaban J connectivity index is 4.16. The van der Waals surface area contributed by atoms with E-state index < -0.39 is 0 Å². The summed E-state index contributed by atoms with van der Waals surface area (Å²) in [5.74, 6) is 3.64. The molecule has 11 nitrogen and oxygen atoms in total. The maximum atomic E-state index is 12.5. The van der Waals surface area contributed by atoms with Gasteiger partial charge in [0.2, 0.25) is 23.6 Å². The molecule has 0 saturated heterocycles. The van der Waals surface area contributed by atoms with Crippen LogP contribution >= 0.6 is 45.1 Å². The van der Waals surface area contributed by atoms with E-state index >= 15 is 0 Å². The standard InChI is InChI=1S/C34H69N7O4S4/c1-4-5-21-40(23-12-31(42)36-17-27-46-2)24-13-33(44)38-19-29-48-49-30-20-39-34(45)15-26-41(22-11-9-7-6-8-10-16-35)25-14-32(43)37-18-28-47-3/h4-30,35H2,1-3H3,(H,36,42)(H,37,43)(H,38,44)(H,39,45). The van der Waals surface area contributed by atoms with E-state index in [0.717, 1.165) is 74.7 Å². The van der Waals surface area contributed by atoms with Crippen LogP contribution < -0.4 is 27.0 Å². The number of nitrogens with two attached hydrogens (primary N) is 1. The van der Waals surface area contributed by atoms with Gasteiger partial charge in [-0.1, -0.05) is 60.6 Å². The lowest BCUT2D eigenvalue weighted by atomic mass is 10.1. The number of unbranched alkanes of at least 4 members (excludes halogenated alkanes) is 6. The van der Waals surface area contributed by atoms with Gasteiger partial charge in [-0.25, -0.2) is 0 Å². The van der Waals surface area contributed by atoms with Gasteiger partial charge in [0.25, 0.3) is 0 Å². The van der Waals surface area contributed by atoms with Gasteiger partial charge in [-0.3, -0.25) is 19.2 Å². The molecule has 0 aromatic heterocycles. The van der Waals surface area contributed by atoms with E-state index in [1.54, 1.807) is 45.1 Å². The molecule has 0 atom stereocenters. The minimum atomic E-state index is 0.0385. The van der Waals surface area contributed by atoms with Gasteiger partial charge in [0.15, 0.2) is 0 Å². The first-order chi connectivity index (χ1) is 23.9. The highest BCUT2D eigenvalue weighted by Gasteiger charge is 2.12. The van der Waals surface area contributed by atoms with E-state index in [-0.39, 0.29) is 23.6 Å². The predicted molar refractivity (Wildman–Crippen MR) is 217 cm³/mol. The number of carbonyl (C=O) groups is 4. The van der Waals surface area contributed by atoms with Crippen molar-refractivity contribution in [2.75, 3.05) is 108 Å². The molecule has 288 valence electrons. The van der Waals surface area contributed by atoms with Crippen molar-refractivity contribution in [3.8, 4) is 0 Å². The summed E-state index contributed by atoms with van der Waals surface area (Å²) in [5, 5.41) is 11.9. The van der Waals surface area contributed by atoms with Gasteiger partial charge < -0.3 is 36.8 Å². The molecule has 0 aromatic rings. The third-order valence-electron chi connectivity index (χ3n) is 7.73. The van der Waals surface area contributed by atoms with Gasteiger partial charge in [0.05, 0.1) is 0 Å². The van der Waals surface area contributed by atoms with Gasteiger partial charge in [0.1, 0.15) is 0 Å². The fraction of sp³-hybridized carbons (Fsp3) is 0.882. The van der Waals surface area contributed by atoms with Crippen LogP contribution in [0.5, 0.6) is 0 Å². The van der Waals surface area contributed by atoms with Crippen LogP contribution in [-0.4, -0.2) is 141 Å². The first-order valence-electron chi connectivity index (χ1n) is 18.3. The van der Waals surface area contributed by atoms with Gasteiger partial charge in [-0.2, -0.15) is 23.5 Å². The normalized spacial score (nSPS) is 11.2. The quantitative estimate of drug-likeness (QED) is 0.0468. The lowest BCUT2D eigenvalue weighted by Gasteiger charge is -2.22. The van der Waals surface area contributed by atoms with E-state index in [4.69, 9.17) is 5.73 Å². The first kappa shape index (κ1) is 48.2. The third kappa shape index (κ3) is 34.0. The molecule has 0 heterocycles. The molecule has 0 fully saturated rings. The summed E-state index contributed by atoms with van der Waals surface area (Å²) in [6, 6.07) is 0. The summed E-state index contributed by atoms with van der Waals surface area (Å²) < 4.78 is 0. The molecule has 0 aliphatic carbocycles. The third-order valence-corrected chi connectivity index (χ3v) is 11.4. The molecular weight excluding hydrogens is 699 g/mol. The second kappa shape index (κ2) is 36.9. The summed E-state index contributed by atoms with van der Waals surface area (Å²) in [5.41, 5.74) is 5.59. The summed E-state index contributed by atoms with van der Waals surface area (Å²) >= 11 is 3.43. The van der Waals surface area contributed by atoms with E-state index in [1.165, 1.54) is 19.3 Å². The average molecular weight is 768 g/mol. The average Bonchev–Trinajstić information content (AvgIpc) is 3.09. The lowest BCUT2D eigenvalue weighted by Crippen LogP contribution is -2.35. The second-order valence-electron chi connectivity index (χ2n) is 12.0. The molecule has 0 aliphatic heterocycles. The Morgan fingerprint density at radius 1 is 0.490 bits per heavy atom. The summed E-state index contributed by atoms with van der Waals surface area (Å²) in [6.07, 6.45) is 14.9. The Morgan fingerprint density at radius 2 is 0.837 bits per heavy atom. The number of amides is 4. The Hall–Kier alpha value is -0.840. The Morgan fingerprint density at radius 3 is 1.20 bits per heavy atom. The molecule has 15 heteroatoms. The van der Waals surface area contributed by atoms with Crippen LogP contribution in [0, 0.1) is 0 Å². The molecule has 6 N–H and O–H groups in total. The Labute approximate surface area is 314 Å². The fourth-order valence-corrected chi connectivity index (χ4v) is 7.22. The number of nitrogens with one attached hydrogen (secondary N) is 4. The van der Waals surface area contributed by atoms with Crippen LogP contribution in [0.25, 0.3) is 0 Å². The van der Waals surface area contributed by atoms with Crippen LogP contribution in [-0.2, 0) is 19.2 Å². The topological polar surface area (TPSA) is 149 Å². The summed E-state index contributed by atoms with van der Waals surface area (Å²) in [6.45, 7) is 9.96. The highest BCUT2D eigenvalue weighted by molar-refractivity contribution is 8.76. The molecule has 0 bridgehead atoms. The van der Waals surface area contributed by atoms with Gasteiger partial charge >= 0.3 is 0 Å². The minimum absolute atomic E-state index is 0.0385. The van der Waals surface area contributed by atoms with Crippen molar-refractivity contribution in [2.24, 2.45) is 5.73 Å². The first-order valence-corrected chi connectivity index (χ1v) is 23.6. The van der Waals surface area contributed by atoms with E-state index in [2.05, 4.69) is 38.0 Å². The number of carbonyl (C=O) groups excluding carboxylic acids is 4. The Kier molecular flexibility index (Phi) is 36.3. The minimum Gasteiger partial charge on any atom is -0.355 e. The molecule has 4 amide bonds. The number of thioether (sulfide) groups is 2. The van der Waals surface area contributed by atoms with Crippen LogP contribution in [0.1, 0.15) is 84.0 Å². The molecule has 0 radical (unpaired) electrons. The van der Waals surface area contributed by atoms with E-state index in [1.807, 2.05) is 12.5 Å². The monoisotopic (exact) mass is 767 g/mol. The molecule has 0 unspecified atom stereocenters. The van der Waals surface area contributed by atoms with Crippen molar-refractivity contribution >= 4 is 68.7 Å². The van der Waals surface area contributed by atoms with E-state index in [0.29, 0.717) is 78.0 Å². The zero-order valence-electron chi connectivity index (χ0n) is 30.8. The molecular formula is C34H69N7O4S4. The van der Waals surface area contributed by atoms with Gasteiger partial charge in [-0.15, -0.1) is 0 Å². The van der Waals surface area contributed by atoms with Crippen molar-refractivity contribution in [3.05, 3.63) is 0 Å².